The summed E-state index contributed by atoms with van der Waals surface area (Å²) >= 11 is 0. The quantitative estimate of drug-likeness (QED) is 0.475. The third-order valence-electron chi connectivity index (χ3n) is 1.42. The maximum Gasteiger partial charge on any atom is 0.172 e. The number of hydrogen-bond acceptors (Lipinski definition) is 1. The molecule has 1 aromatic rings. The number of aryl methyl sites for hydroxylation is 1. The molecule has 0 N–H and O–H groups in total. The summed E-state index contributed by atoms with van der Waals surface area (Å²) in [7, 11) is 1.99. The highest BCUT2D eigenvalue weighted by Gasteiger charge is 1.94. The number of nitrogens with zero attached hydrogens (tertiary/aromatic N) is 1. The van der Waals surface area contributed by atoms with Gasteiger partial charge < -0.3 is 28.7 Å². The summed E-state index contributed by atoms with van der Waals surface area (Å²) in [5.74, 6) is 0.949. The maximum absolute atomic E-state index is 5.40. The van der Waals surface area contributed by atoms with Crippen molar-refractivity contribution in [2.24, 2.45) is 7.05 Å². The highest BCUT2D eigenvalue weighted by atomic mass is 127. The van der Waals surface area contributed by atoms with Crippen molar-refractivity contribution in [3.8, 4) is 5.75 Å². The monoisotopic (exact) mass is 279 g/mol. The van der Waals surface area contributed by atoms with Gasteiger partial charge in [0.15, 0.2) is 12.4 Å². The normalized spacial score (nSPS) is 8.83. The van der Waals surface area contributed by atoms with Crippen molar-refractivity contribution in [2.75, 3.05) is 6.61 Å². The van der Waals surface area contributed by atoms with E-state index in [1.165, 1.54) is 0 Å². The van der Waals surface area contributed by atoms with E-state index in [-0.39, 0.29) is 24.0 Å². The number of ether oxygens (including phenoxy) is 1. The molecule has 12 heavy (non-hydrogen) atoms. The minimum absolute atomic E-state index is 0. The number of rotatable bonds is 3. The van der Waals surface area contributed by atoms with Crippen LogP contribution in [0.5, 0.6) is 5.75 Å². The van der Waals surface area contributed by atoms with Crippen LogP contribution in [-0.4, -0.2) is 6.61 Å². The Balaban J connectivity index is 0.00000121. The summed E-state index contributed by atoms with van der Waals surface area (Å²) in [5, 5.41) is 0. The van der Waals surface area contributed by atoms with Crippen LogP contribution >= 0.6 is 0 Å². The summed E-state index contributed by atoms with van der Waals surface area (Å²) in [5.41, 5.74) is 0. The predicted octanol–water partition coefficient (Wildman–Crippen LogP) is -1.70. The zero-order valence-electron chi connectivity index (χ0n) is 7.46. The molecular formula is C9H14INO. The zero-order chi connectivity index (χ0) is 8.10. The Morgan fingerprint density at radius 1 is 1.33 bits per heavy atom. The minimum atomic E-state index is 0. The first-order valence-corrected chi connectivity index (χ1v) is 3.91. The van der Waals surface area contributed by atoms with Crippen LogP contribution in [0.4, 0.5) is 0 Å². The molecule has 0 unspecified atom stereocenters. The van der Waals surface area contributed by atoms with Crippen molar-refractivity contribution < 1.29 is 33.3 Å². The third kappa shape index (κ3) is 3.90. The van der Waals surface area contributed by atoms with Crippen molar-refractivity contribution >= 4 is 0 Å². The first-order chi connectivity index (χ1) is 5.33. The lowest BCUT2D eigenvalue weighted by Crippen LogP contribution is -3.00. The van der Waals surface area contributed by atoms with Crippen LogP contribution in [-0.2, 0) is 7.05 Å². The third-order valence-corrected chi connectivity index (χ3v) is 1.42. The zero-order valence-corrected chi connectivity index (χ0v) is 9.61. The molecule has 68 valence electrons. The number of hydrogen-bond donors (Lipinski definition) is 0. The molecule has 0 bridgehead atoms. The molecule has 0 saturated heterocycles. The average molecular weight is 279 g/mol. The largest absolute Gasteiger partial charge is 1.00 e. The van der Waals surface area contributed by atoms with Crippen LogP contribution in [0.3, 0.4) is 0 Å². The highest BCUT2D eigenvalue weighted by Crippen LogP contribution is 2.05. The molecule has 0 fully saturated rings. The van der Waals surface area contributed by atoms with Crippen LogP contribution < -0.4 is 33.3 Å². The standard InChI is InChI=1S/C9H14NO.HI/c1-3-8-11-9-4-6-10(2)7-5-9;/h4-7H,3,8H2,1-2H3;1H/q+1;/p-1. The van der Waals surface area contributed by atoms with Crippen LogP contribution in [0.15, 0.2) is 24.5 Å². The van der Waals surface area contributed by atoms with Crippen molar-refractivity contribution in [2.45, 2.75) is 13.3 Å². The van der Waals surface area contributed by atoms with Crippen LogP contribution in [0.1, 0.15) is 13.3 Å². The topological polar surface area (TPSA) is 13.1 Å². The van der Waals surface area contributed by atoms with Gasteiger partial charge in [0.1, 0.15) is 12.8 Å². The van der Waals surface area contributed by atoms with E-state index in [0.717, 1.165) is 18.8 Å². The first kappa shape index (κ1) is 11.7. The number of aromatic nitrogens is 1. The Hall–Kier alpha value is -0.320. The summed E-state index contributed by atoms with van der Waals surface area (Å²) in [6.45, 7) is 2.90. The van der Waals surface area contributed by atoms with Crippen molar-refractivity contribution in [3.05, 3.63) is 24.5 Å². The summed E-state index contributed by atoms with van der Waals surface area (Å²) in [6, 6.07) is 3.94. The molecule has 0 amide bonds. The lowest BCUT2D eigenvalue weighted by molar-refractivity contribution is -0.671. The molecule has 0 atom stereocenters. The summed E-state index contributed by atoms with van der Waals surface area (Å²) in [4.78, 5) is 0. The molecule has 0 aromatic carbocycles. The molecule has 0 saturated carbocycles. The van der Waals surface area contributed by atoms with Gasteiger partial charge in [0, 0.05) is 12.1 Å². The number of halogens is 1. The van der Waals surface area contributed by atoms with Crippen molar-refractivity contribution in [3.63, 3.8) is 0 Å². The Morgan fingerprint density at radius 3 is 2.42 bits per heavy atom. The second-order valence-electron chi connectivity index (χ2n) is 2.55. The Morgan fingerprint density at radius 2 is 1.92 bits per heavy atom. The second-order valence-corrected chi connectivity index (χ2v) is 2.55. The van der Waals surface area contributed by atoms with E-state index in [1.54, 1.807) is 0 Å². The van der Waals surface area contributed by atoms with Crippen LogP contribution in [0.2, 0.25) is 0 Å². The lowest BCUT2D eigenvalue weighted by Gasteiger charge is -2.01. The van der Waals surface area contributed by atoms with E-state index in [1.807, 2.05) is 36.1 Å². The Kier molecular flexibility index (Phi) is 6.06. The lowest BCUT2D eigenvalue weighted by atomic mass is 10.4. The van der Waals surface area contributed by atoms with E-state index < -0.39 is 0 Å². The highest BCUT2D eigenvalue weighted by molar-refractivity contribution is 5.14. The molecule has 1 heterocycles. The van der Waals surface area contributed by atoms with E-state index in [4.69, 9.17) is 4.74 Å². The second kappa shape index (κ2) is 6.22. The van der Waals surface area contributed by atoms with Crippen molar-refractivity contribution in [1.29, 1.82) is 0 Å². The van der Waals surface area contributed by atoms with Crippen molar-refractivity contribution in [1.82, 2.24) is 0 Å². The van der Waals surface area contributed by atoms with Gasteiger partial charge in [-0.25, -0.2) is 4.57 Å². The van der Waals surface area contributed by atoms with Gasteiger partial charge in [0.25, 0.3) is 0 Å². The van der Waals surface area contributed by atoms with Gasteiger partial charge in [-0.2, -0.15) is 0 Å². The predicted molar refractivity (Wildman–Crippen MR) is 43.4 cm³/mol. The molecule has 0 aliphatic heterocycles. The molecule has 0 radical (unpaired) electrons. The van der Waals surface area contributed by atoms with E-state index >= 15 is 0 Å². The smallest absolute Gasteiger partial charge is 0.172 e. The van der Waals surface area contributed by atoms with Gasteiger partial charge >= 0.3 is 0 Å². The molecule has 1 aromatic heterocycles. The van der Waals surface area contributed by atoms with E-state index in [9.17, 15) is 0 Å². The molecular weight excluding hydrogens is 265 g/mol. The van der Waals surface area contributed by atoms with E-state index in [0.29, 0.717) is 0 Å². The molecule has 2 nitrogen and oxygen atoms in total. The van der Waals surface area contributed by atoms with E-state index in [2.05, 4.69) is 6.92 Å². The molecule has 1 rings (SSSR count). The van der Waals surface area contributed by atoms with Gasteiger partial charge in [-0.1, -0.05) is 6.92 Å². The fraction of sp³-hybridized carbons (Fsp3) is 0.444. The van der Waals surface area contributed by atoms with Gasteiger partial charge in [0.05, 0.1) is 6.61 Å². The van der Waals surface area contributed by atoms with Crippen LogP contribution in [0.25, 0.3) is 0 Å². The average Bonchev–Trinajstić information content (AvgIpc) is 2.04. The first-order valence-electron chi connectivity index (χ1n) is 3.91. The molecule has 0 spiro atoms. The minimum Gasteiger partial charge on any atom is -1.00 e. The Labute approximate surface area is 90.6 Å². The number of pyridine rings is 1. The van der Waals surface area contributed by atoms with Gasteiger partial charge in [-0.15, -0.1) is 0 Å². The van der Waals surface area contributed by atoms with Gasteiger partial charge in [-0.3, -0.25) is 0 Å². The van der Waals surface area contributed by atoms with Gasteiger partial charge in [-0.05, 0) is 6.42 Å². The summed E-state index contributed by atoms with van der Waals surface area (Å²) in [6.07, 6.45) is 5.01. The molecule has 0 aliphatic rings. The summed E-state index contributed by atoms with van der Waals surface area (Å²) < 4.78 is 7.38. The Bertz CT molecular complexity index is 210. The van der Waals surface area contributed by atoms with Gasteiger partial charge in [0.2, 0.25) is 0 Å². The molecule has 0 aliphatic carbocycles. The fourth-order valence-electron chi connectivity index (χ4n) is 0.803. The molecule has 3 heteroatoms. The van der Waals surface area contributed by atoms with Crippen LogP contribution in [0, 0.1) is 0 Å². The fourth-order valence-corrected chi connectivity index (χ4v) is 0.803. The SMILES string of the molecule is CCCOc1cc[n+](C)cc1.[I-]. The maximum atomic E-state index is 5.40.